The standard InChI is InChI=1S/C17H19N3O/c1-3-18-17(16-10-9-13(2)21-16)15-11-12-19-20(15)14-7-5-4-6-8-14/h4-12,17-18H,3H2,1-2H3. The Labute approximate surface area is 124 Å². The minimum atomic E-state index is -0.00796. The highest BCUT2D eigenvalue weighted by Crippen LogP contribution is 2.25. The van der Waals surface area contributed by atoms with Crippen LogP contribution in [0.25, 0.3) is 5.69 Å². The molecule has 21 heavy (non-hydrogen) atoms. The van der Waals surface area contributed by atoms with Gasteiger partial charge in [0.15, 0.2) is 0 Å². The Hall–Kier alpha value is -2.33. The lowest BCUT2D eigenvalue weighted by atomic mass is 10.1. The molecule has 0 amide bonds. The summed E-state index contributed by atoms with van der Waals surface area (Å²) in [6, 6.07) is 16.2. The summed E-state index contributed by atoms with van der Waals surface area (Å²) in [5.41, 5.74) is 2.11. The van der Waals surface area contributed by atoms with E-state index in [4.69, 9.17) is 4.42 Å². The maximum Gasteiger partial charge on any atom is 0.127 e. The number of para-hydroxylation sites is 1. The molecule has 1 aromatic carbocycles. The van der Waals surface area contributed by atoms with E-state index in [9.17, 15) is 0 Å². The zero-order valence-corrected chi connectivity index (χ0v) is 12.3. The largest absolute Gasteiger partial charge is 0.464 e. The summed E-state index contributed by atoms with van der Waals surface area (Å²) in [5, 5.41) is 7.93. The van der Waals surface area contributed by atoms with Crippen LogP contribution in [0.2, 0.25) is 0 Å². The fourth-order valence-corrected chi connectivity index (χ4v) is 2.48. The summed E-state index contributed by atoms with van der Waals surface area (Å²) in [7, 11) is 0. The van der Waals surface area contributed by atoms with Crippen molar-refractivity contribution in [2.24, 2.45) is 0 Å². The van der Waals surface area contributed by atoms with Crippen molar-refractivity contribution in [1.29, 1.82) is 0 Å². The molecule has 0 fully saturated rings. The molecular weight excluding hydrogens is 262 g/mol. The van der Waals surface area contributed by atoms with Crippen LogP contribution < -0.4 is 5.32 Å². The molecule has 2 heterocycles. The molecule has 0 aliphatic heterocycles. The average molecular weight is 281 g/mol. The first-order chi connectivity index (χ1) is 10.3. The summed E-state index contributed by atoms with van der Waals surface area (Å²) in [5.74, 6) is 1.82. The van der Waals surface area contributed by atoms with E-state index in [0.29, 0.717) is 0 Å². The average Bonchev–Trinajstić information content (AvgIpc) is 3.15. The summed E-state index contributed by atoms with van der Waals surface area (Å²) in [4.78, 5) is 0. The van der Waals surface area contributed by atoms with Gasteiger partial charge in [0.05, 0.1) is 11.4 Å². The van der Waals surface area contributed by atoms with Crippen LogP contribution in [-0.2, 0) is 0 Å². The highest BCUT2D eigenvalue weighted by atomic mass is 16.3. The number of nitrogens with one attached hydrogen (secondary N) is 1. The number of furan rings is 1. The minimum Gasteiger partial charge on any atom is -0.464 e. The number of rotatable bonds is 5. The second kappa shape index (κ2) is 5.97. The van der Waals surface area contributed by atoms with Gasteiger partial charge in [0.2, 0.25) is 0 Å². The molecule has 108 valence electrons. The molecule has 0 spiro atoms. The quantitative estimate of drug-likeness (QED) is 0.778. The summed E-state index contributed by atoms with van der Waals surface area (Å²) < 4.78 is 7.76. The van der Waals surface area contributed by atoms with Crippen LogP contribution in [-0.4, -0.2) is 16.3 Å². The van der Waals surface area contributed by atoms with Crippen molar-refractivity contribution in [1.82, 2.24) is 15.1 Å². The maximum absolute atomic E-state index is 5.81. The predicted octanol–water partition coefficient (Wildman–Crippen LogP) is 3.47. The lowest BCUT2D eigenvalue weighted by molar-refractivity contribution is 0.426. The molecule has 0 aliphatic carbocycles. The monoisotopic (exact) mass is 281 g/mol. The number of aromatic nitrogens is 2. The van der Waals surface area contributed by atoms with Crippen molar-refractivity contribution in [2.75, 3.05) is 6.54 Å². The van der Waals surface area contributed by atoms with E-state index in [-0.39, 0.29) is 6.04 Å². The van der Waals surface area contributed by atoms with E-state index in [1.54, 1.807) is 0 Å². The van der Waals surface area contributed by atoms with Gasteiger partial charge in [0, 0.05) is 6.20 Å². The first-order valence-corrected chi connectivity index (χ1v) is 7.18. The molecule has 0 saturated carbocycles. The Morgan fingerprint density at radius 1 is 1.14 bits per heavy atom. The molecule has 4 nitrogen and oxygen atoms in total. The van der Waals surface area contributed by atoms with Crippen molar-refractivity contribution in [3.8, 4) is 5.69 Å². The third kappa shape index (κ3) is 2.76. The van der Waals surface area contributed by atoms with Crippen LogP contribution in [0.3, 0.4) is 0 Å². The molecule has 0 radical (unpaired) electrons. The van der Waals surface area contributed by atoms with E-state index >= 15 is 0 Å². The van der Waals surface area contributed by atoms with Crippen LogP contribution in [0.4, 0.5) is 0 Å². The van der Waals surface area contributed by atoms with Crippen LogP contribution in [0, 0.1) is 6.92 Å². The van der Waals surface area contributed by atoms with Crippen LogP contribution >= 0.6 is 0 Å². The smallest absolute Gasteiger partial charge is 0.127 e. The highest BCUT2D eigenvalue weighted by Gasteiger charge is 2.21. The first kappa shape index (κ1) is 13.6. The number of hydrogen-bond acceptors (Lipinski definition) is 3. The molecular formula is C17H19N3O. The van der Waals surface area contributed by atoms with E-state index < -0.39 is 0 Å². The SMILES string of the molecule is CCNC(c1ccc(C)o1)c1ccnn1-c1ccccc1. The van der Waals surface area contributed by atoms with E-state index in [0.717, 1.165) is 29.4 Å². The summed E-state index contributed by atoms with van der Waals surface area (Å²) >= 11 is 0. The Kier molecular flexibility index (Phi) is 3.88. The lowest BCUT2D eigenvalue weighted by Crippen LogP contribution is -2.24. The predicted molar refractivity (Wildman–Crippen MR) is 82.5 cm³/mol. The normalized spacial score (nSPS) is 12.5. The molecule has 1 N–H and O–H groups in total. The van der Waals surface area contributed by atoms with Crippen LogP contribution in [0.1, 0.15) is 30.2 Å². The van der Waals surface area contributed by atoms with Gasteiger partial charge in [-0.05, 0) is 43.8 Å². The molecule has 4 heteroatoms. The van der Waals surface area contributed by atoms with Crippen molar-refractivity contribution in [2.45, 2.75) is 19.9 Å². The third-order valence-corrected chi connectivity index (χ3v) is 3.42. The van der Waals surface area contributed by atoms with Gasteiger partial charge >= 0.3 is 0 Å². The molecule has 3 rings (SSSR count). The highest BCUT2D eigenvalue weighted by molar-refractivity contribution is 5.35. The van der Waals surface area contributed by atoms with Crippen molar-refractivity contribution in [3.63, 3.8) is 0 Å². The van der Waals surface area contributed by atoms with Gasteiger partial charge in [-0.3, -0.25) is 0 Å². The Morgan fingerprint density at radius 2 is 1.95 bits per heavy atom. The first-order valence-electron chi connectivity index (χ1n) is 7.18. The number of nitrogens with zero attached hydrogens (tertiary/aromatic N) is 2. The van der Waals surface area contributed by atoms with Gasteiger partial charge in [-0.25, -0.2) is 4.68 Å². The van der Waals surface area contributed by atoms with Gasteiger partial charge < -0.3 is 9.73 Å². The Morgan fingerprint density at radius 3 is 2.62 bits per heavy atom. The second-order valence-corrected chi connectivity index (χ2v) is 4.94. The van der Waals surface area contributed by atoms with E-state index in [1.807, 2.05) is 66.3 Å². The van der Waals surface area contributed by atoms with Crippen molar-refractivity contribution >= 4 is 0 Å². The zero-order valence-electron chi connectivity index (χ0n) is 12.3. The third-order valence-electron chi connectivity index (χ3n) is 3.42. The van der Waals surface area contributed by atoms with Gasteiger partial charge in [-0.1, -0.05) is 25.1 Å². The Bertz CT molecular complexity index is 700. The topological polar surface area (TPSA) is 43.0 Å². The molecule has 3 aromatic rings. The lowest BCUT2D eigenvalue weighted by Gasteiger charge is -2.17. The van der Waals surface area contributed by atoms with Gasteiger partial charge in [-0.15, -0.1) is 0 Å². The minimum absolute atomic E-state index is 0.00796. The molecule has 1 atom stereocenters. The Balaban J connectivity index is 2.03. The van der Waals surface area contributed by atoms with Crippen molar-refractivity contribution in [3.05, 3.63) is 71.9 Å². The number of benzene rings is 1. The van der Waals surface area contributed by atoms with Crippen LogP contribution in [0.5, 0.6) is 0 Å². The molecule has 0 aliphatic rings. The second-order valence-electron chi connectivity index (χ2n) is 4.94. The number of aryl methyl sites for hydroxylation is 1. The van der Waals surface area contributed by atoms with Crippen LogP contribution in [0.15, 0.2) is 59.1 Å². The van der Waals surface area contributed by atoms with E-state index in [2.05, 4.69) is 17.3 Å². The fraction of sp³-hybridized carbons (Fsp3) is 0.235. The zero-order chi connectivity index (χ0) is 14.7. The van der Waals surface area contributed by atoms with Gasteiger partial charge in [0.25, 0.3) is 0 Å². The molecule has 0 bridgehead atoms. The van der Waals surface area contributed by atoms with Crippen molar-refractivity contribution < 1.29 is 4.42 Å². The van der Waals surface area contributed by atoms with Gasteiger partial charge in [0.1, 0.15) is 17.6 Å². The number of hydrogen-bond donors (Lipinski definition) is 1. The summed E-state index contributed by atoms with van der Waals surface area (Å²) in [6.07, 6.45) is 1.82. The fourth-order valence-electron chi connectivity index (χ4n) is 2.48. The van der Waals surface area contributed by atoms with Gasteiger partial charge in [-0.2, -0.15) is 5.10 Å². The molecule has 0 saturated heterocycles. The maximum atomic E-state index is 5.81. The van der Waals surface area contributed by atoms with E-state index in [1.165, 1.54) is 0 Å². The molecule has 2 aromatic heterocycles. The molecule has 1 unspecified atom stereocenters. The summed E-state index contributed by atoms with van der Waals surface area (Å²) in [6.45, 7) is 4.90.